The van der Waals surface area contributed by atoms with Crippen molar-refractivity contribution in [2.45, 2.75) is 32.6 Å². The molecule has 1 saturated carbocycles. The van der Waals surface area contributed by atoms with Crippen molar-refractivity contribution in [2.75, 3.05) is 11.9 Å². The first-order valence-corrected chi connectivity index (χ1v) is 7.75. The van der Waals surface area contributed by atoms with Gasteiger partial charge in [-0.1, -0.05) is 36.0 Å². The van der Waals surface area contributed by atoms with Crippen LogP contribution in [0.1, 0.15) is 31.2 Å². The number of nitrogens with one attached hydrogen (secondary N) is 1. The molecule has 0 aliphatic heterocycles. The number of rotatable bonds is 3. The largest absolute Gasteiger partial charge is 0.330 e. The first-order chi connectivity index (χ1) is 9.52. The van der Waals surface area contributed by atoms with Crippen molar-refractivity contribution in [1.82, 2.24) is 0 Å². The van der Waals surface area contributed by atoms with E-state index in [0.717, 1.165) is 31.2 Å². The fourth-order valence-corrected chi connectivity index (χ4v) is 3.23. The summed E-state index contributed by atoms with van der Waals surface area (Å²) in [4.78, 5) is 12.4. The molecule has 0 heterocycles. The lowest BCUT2D eigenvalue weighted by Crippen LogP contribution is -2.35. The van der Waals surface area contributed by atoms with Crippen LogP contribution >= 0.6 is 23.2 Å². The van der Waals surface area contributed by atoms with E-state index in [9.17, 15) is 4.79 Å². The Kier molecular flexibility index (Phi) is 5.30. The number of anilines is 1. The van der Waals surface area contributed by atoms with Crippen molar-refractivity contribution < 1.29 is 4.79 Å². The van der Waals surface area contributed by atoms with Gasteiger partial charge in [-0.3, -0.25) is 4.79 Å². The average molecular weight is 315 g/mol. The highest BCUT2D eigenvalue weighted by Gasteiger charge is 2.30. The molecule has 1 fully saturated rings. The average Bonchev–Trinajstić information content (AvgIpc) is 2.44. The maximum absolute atomic E-state index is 12.4. The summed E-state index contributed by atoms with van der Waals surface area (Å²) in [6, 6.07) is 3.47. The number of aryl methyl sites for hydroxylation is 1. The summed E-state index contributed by atoms with van der Waals surface area (Å²) < 4.78 is 0. The van der Waals surface area contributed by atoms with E-state index in [-0.39, 0.29) is 17.7 Å². The zero-order chi connectivity index (χ0) is 14.7. The molecule has 0 saturated heterocycles. The van der Waals surface area contributed by atoms with Gasteiger partial charge in [-0.2, -0.15) is 0 Å². The van der Waals surface area contributed by atoms with Gasteiger partial charge in [0.05, 0.1) is 10.7 Å². The maximum atomic E-state index is 12.4. The molecular weight excluding hydrogens is 295 g/mol. The van der Waals surface area contributed by atoms with E-state index in [1.807, 2.05) is 6.92 Å². The van der Waals surface area contributed by atoms with Gasteiger partial charge in [-0.15, -0.1) is 0 Å². The Balaban J connectivity index is 2.13. The Bertz CT molecular complexity index is 505. The second-order valence-corrected chi connectivity index (χ2v) is 6.27. The SMILES string of the molecule is Cc1cc(Cl)c(NC(=O)C2CCCCC2CN)cc1Cl. The molecule has 1 aliphatic rings. The summed E-state index contributed by atoms with van der Waals surface area (Å²) in [5.41, 5.74) is 7.24. The standard InChI is InChI=1S/C15H20Cl2N2O/c1-9-6-13(17)14(7-12(9)16)19-15(20)11-5-3-2-4-10(11)8-18/h6-7,10-11H,2-5,8,18H2,1H3,(H,19,20). The van der Waals surface area contributed by atoms with E-state index < -0.39 is 0 Å². The van der Waals surface area contributed by atoms with Crippen molar-refractivity contribution in [2.24, 2.45) is 17.6 Å². The number of amides is 1. The second kappa shape index (κ2) is 6.79. The Morgan fingerprint density at radius 1 is 1.30 bits per heavy atom. The van der Waals surface area contributed by atoms with Gasteiger partial charge >= 0.3 is 0 Å². The van der Waals surface area contributed by atoms with Gasteiger partial charge < -0.3 is 11.1 Å². The lowest BCUT2D eigenvalue weighted by Gasteiger charge is -2.29. The van der Waals surface area contributed by atoms with Crippen LogP contribution in [0.3, 0.4) is 0 Å². The van der Waals surface area contributed by atoms with Gasteiger partial charge in [0.1, 0.15) is 0 Å². The van der Waals surface area contributed by atoms with Crippen LogP contribution in [0.15, 0.2) is 12.1 Å². The zero-order valence-electron chi connectivity index (χ0n) is 11.6. The Labute approximate surface area is 129 Å². The molecule has 1 aliphatic carbocycles. The third-order valence-corrected chi connectivity index (χ3v) is 4.77. The first-order valence-electron chi connectivity index (χ1n) is 6.99. The van der Waals surface area contributed by atoms with Crippen molar-refractivity contribution in [3.8, 4) is 0 Å². The number of hydrogen-bond donors (Lipinski definition) is 2. The summed E-state index contributed by atoms with van der Waals surface area (Å²) in [6.45, 7) is 2.44. The van der Waals surface area contributed by atoms with E-state index in [0.29, 0.717) is 22.3 Å². The van der Waals surface area contributed by atoms with Crippen LogP contribution in [0.5, 0.6) is 0 Å². The fraction of sp³-hybridized carbons (Fsp3) is 0.533. The Hall–Kier alpha value is -0.770. The molecule has 1 aromatic rings. The Morgan fingerprint density at radius 2 is 2.00 bits per heavy atom. The molecule has 2 rings (SSSR count). The highest BCUT2D eigenvalue weighted by atomic mass is 35.5. The van der Waals surface area contributed by atoms with Crippen LogP contribution in [0.2, 0.25) is 10.0 Å². The van der Waals surface area contributed by atoms with Crippen molar-refractivity contribution >= 4 is 34.8 Å². The lowest BCUT2D eigenvalue weighted by atomic mass is 9.78. The summed E-state index contributed by atoms with van der Waals surface area (Å²) in [5, 5.41) is 4.02. The van der Waals surface area contributed by atoms with Crippen LogP contribution in [0, 0.1) is 18.8 Å². The Morgan fingerprint density at radius 3 is 2.70 bits per heavy atom. The lowest BCUT2D eigenvalue weighted by molar-refractivity contribution is -0.122. The summed E-state index contributed by atoms with van der Waals surface area (Å²) in [7, 11) is 0. The maximum Gasteiger partial charge on any atom is 0.227 e. The van der Waals surface area contributed by atoms with E-state index >= 15 is 0 Å². The number of carbonyl (C=O) groups is 1. The van der Waals surface area contributed by atoms with Crippen LogP contribution in [0.4, 0.5) is 5.69 Å². The predicted molar refractivity (Wildman–Crippen MR) is 84.3 cm³/mol. The molecular formula is C15H20Cl2N2O. The molecule has 2 atom stereocenters. The van der Waals surface area contributed by atoms with Gasteiger partial charge in [0.15, 0.2) is 0 Å². The van der Waals surface area contributed by atoms with E-state index in [1.165, 1.54) is 0 Å². The van der Waals surface area contributed by atoms with Gasteiger partial charge in [-0.05, 0) is 49.9 Å². The summed E-state index contributed by atoms with van der Waals surface area (Å²) in [6.07, 6.45) is 4.15. The normalized spacial score (nSPS) is 22.6. The predicted octanol–water partition coefficient (Wildman–Crippen LogP) is 4.01. The minimum atomic E-state index is -0.0232. The second-order valence-electron chi connectivity index (χ2n) is 5.46. The monoisotopic (exact) mass is 314 g/mol. The molecule has 110 valence electrons. The van der Waals surface area contributed by atoms with Gasteiger partial charge in [0.2, 0.25) is 5.91 Å². The molecule has 3 nitrogen and oxygen atoms in total. The van der Waals surface area contributed by atoms with E-state index in [4.69, 9.17) is 28.9 Å². The molecule has 1 aromatic carbocycles. The van der Waals surface area contributed by atoms with Crippen LogP contribution in [-0.2, 0) is 4.79 Å². The highest BCUT2D eigenvalue weighted by molar-refractivity contribution is 6.36. The first kappa shape index (κ1) is 15.6. The van der Waals surface area contributed by atoms with Crippen LogP contribution < -0.4 is 11.1 Å². The van der Waals surface area contributed by atoms with E-state index in [2.05, 4.69) is 5.32 Å². The zero-order valence-corrected chi connectivity index (χ0v) is 13.1. The minimum Gasteiger partial charge on any atom is -0.330 e. The fourth-order valence-electron chi connectivity index (χ4n) is 2.80. The third kappa shape index (κ3) is 3.46. The minimum absolute atomic E-state index is 0.00182. The number of hydrogen-bond acceptors (Lipinski definition) is 2. The van der Waals surface area contributed by atoms with E-state index in [1.54, 1.807) is 12.1 Å². The molecule has 5 heteroatoms. The van der Waals surface area contributed by atoms with Gasteiger partial charge in [0.25, 0.3) is 0 Å². The molecule has 20 heavy (non-hydrogen) atoms. The molecule has 2 unspecified atom stereocenters. The molecule has 0 radical (unpaired) electrons. The number of carbonyl (C=O) groups excluding carboxylic acids is 1. The number of halogens is 2. The number of benzene rings is 1. The number of nitrogens with two attached hydrogens (primary N) is 1. The molecule has 0 aromatic heterocycles. The topological polar surface area (TPSA) is 55.1 Å². The quantitative estimate of drug-likeness (QED) is 0.885. The molecule has 3 N–H and O–H groups in total. The van der Waals surface area contributed by atoms with Crippen LogP contribution in [-0.4, -0.2) is 12.5 Å². The van der Waals surface area contributed by atoms with Crippen molar-refractivity contribution in [3.63, 3.8) is 0 Å². The highest BCUT2D eigenvalue weighted by Crippen LogP contribution is 2.33. The van der Waals surface area contributed by atoms with Crippen molar-refractivity contribution in [1.29, 1.82) is 0 Å². The van der Waals surface area contributed by atoms with Gasteiger partial charge in [0, 0.05) is 10.9 Å². The molecule has 0 bridgehead atoms. The third-order valence-electron chi connectivity index (χ3n) is 4.05. The smallest absolute Gasteiger partial charge is 0.227 e. The summed E-state index contributed by atoms with van der Waals surface area (Å²) >= 11 is 12.2. The summed E-state index contributed by atoms with van der Waals surface area (Å²) in [5.74, 6) is 0.246. The van der Waals surface area contributed by atoms with Crippen molar-refractivity contribution in [3.05, 3.63) is 27.7 Å². The van der Waals surface area contributed by atoms with Crippen LogP contribution in [0.25, 0.3) is 0 Å². The molecule has 0 spiro atoms. The van der Waals surface area contributed by atoms with Gasteiger partial charge in [-0.25, -0.2) is 0 Å². The molecule has 1 amide bonds.